The summed E-state index contributed by atoms with van der Waals surface area (Å²) in [6.07, 6.45) is 2.00. The zero-order valence-corrected chi connectivity index (χ0v) is 9.34. The van der Waals surface area contributed by atoms with Gasteiger partial charge in [0.25, 0.3) is 0 Å². The van der Waals surface area contributed by atoms with Gasteiger partial charge in [-0.2, -0.15) is 9.98 Å². The zero-order chi connectivity index (χ0) is 10.8. The molecule has 5 heteroatoms. The van der Waals surface area contributed by atoms with Gasteiger partial charge in [0.15, 0.2) is 0 Å². The van der Waals surface area contributed by atoms with Gasteiger partial charge in [-0.15, -0.1) is 0 Å². The third-order valence-electron chi connectivity index (χ3n) is 2.26. The van der Waals surface area contributed by atoms with Crippen LogP contribution in [0.3, 0.4) is 0 Å². The molecule has 1 aliphatic rings. The van der Waals surface area contributed by atoms with E-state index in [0.29, 0.717) is 5.92 Å². The molecule has 0 spiro atoms. The largest absolute Gasteiger partial charge is 0.213 e. The van der Waals surface area contributed by atoms with Crippen molar-refractivity contribution in [2.24, 2.45) is 11.8 Å². The van der Waals surface area contributed by atoms with E-state index in [1.807, 2.05) is 19.9 Å². The van der Waals surface area contributed by atoms with Gasteiger partial charge >= 0.3 is 0 Å². The Morgan fingerprint density at radius 1 is 1.50 bits per heavy atom. The summed E-state index contributed by atoms with van der Waals surface area (Å²) >= 11 is 0. The van der Waals surface area contributed by atoms with Crippen molar-refractivity contribution in [1.82, 2.24) is 4.72 Å². The summed E-state index contributed by atoms with van der Waals surface area (Å²) in [5, 5.41) is 8.73. The second kappa shape index (κ2) is 4.28. The minimum atomic E-state index is -3.25. The highest BCUT2D eigenvalue weighted by molar-refractivity contribution is 7.89. The third-order valence-corrected chi connectivity index (χ3v) is 3.79. The molecule has 1 atom stereocenters. The molecule has 80 valence electrons. The van der Waals surface area contributed by atoms with Gasteiger partial charge in [0.2, 0.25) is 10.0 Å². The standard InChI is InChI=1S/C9H16N2O2S/c1-7(2)9(5-10)11-14(12,13)6-8-3-4-8/h7-9,11H,3-4,6H2,1-2H3. The average Bonchev–Trinajstić information content (AvgIpc) is 2.82. The van der Waals surface area contributed by atoms with E-state index in [-0.39, 0.29) is 11.7 Å². The van der Waals surface area contributed by atoms with Crippen LogP contribution in [0, 0.1) is 23.2 Å². The third kappa shape index (κ3) is 3.64. The first kappa shape index (κ1) is 11.5. The SMILES string of the molecule is CC(C)C(C#N)NS(=O)(=O)CC1CC1. The highest BCUT2D eigenvalue weighted by atomic mass is 32.2. The van der Waals surface area contributed by atoms with Crippen molar-refractivity contribution in [3.8, 4) is 6.07 Å². The van der Waals surface area contributed by atoms with Crippen LogP contribution in [0.4, 0.5) is 0 Å². The van der Waals surface area contributed by atoms with Crippen LogP contribution in [-0.4, -0.2) is 20.2 Å². The Kier molecular flexibility index (Phi) is 3.51. The van der Waals surface area contributed by atoms with Gasteiger partial charge < -0.3 is 0 Å². The first-order valence-corrected chi connectivity index (χ1v) is 6.49. The lowest BCUT2D eigenvalue weighted by Crippen LogP contribution is -2.39. The minimum absolute atomic E-state index is 0.00831. The number of sulfonamides is 1. The molecular weight excluding hydrogens is 200 g/mol. The van der Waals surface area contributed by atoms with Gasteiger partial charge in [-0.3, -0.25) is 0 Å². The molecule has 0 heterocycles. The molecule has 1 aliphatic carbocycles. The van der Waals surface area contributed by atoms with E-state index in [1.165, 1.54) is 0 Å². The maximum Gasteiger partial charge on any atom is 0.213 e. The number of nitrogens with zero attached hydrogens (tertiary/aromatic N) is 1. The van der Waals surface area contributed by atoms with Crippen LogP contribution >= 0.6 is 0 Å². The summed E-state index contributed by atoms with van der Waals surface area (Å²) in [6.45, 7) is 3.65. The molecule has 1 N–H and O–H groups in total. The Bertz CT molecular complexity index is 325. The molecule has 0 amide bonds. The fourth-order valence-electron chi connectivity index (χ4n) is 1.15. The first-order chi connectivity index (χ1) is 6.44. The second-order valence-electron chi connectivity index (χ2n) is 4.19. The van der Waals surface area contributed by atoms with Crippen molar-refractivity contribution >= 4 is 10.0 Å². The molecule has 1 saturated carbocycles. The molecule has 0 aliphatic heterocycles. The number of nitriles is 1. The molecule has 0 bridgehead atoms. The lowest BCUT2D eigenvalue weighted by Gasteiger charge is -2.14. The van der Waals surface area contributed by atoms with Crippen molar-refractivity contribution in [1.29, 1.82) is 5.26 Å². The average molecular weight is 216 g/mol. The summed E-state index contributed by atoms with van der Waals surface area (Å²) in [4.78, 5) is 0. The van der Waals surface area contributed by atoms with Crippen molar-refractivity contribution in [3.05, 3.63) is 0 Å². The molecule has 1 rings (SSSR count). The van der Waals surface area contributed by atoms with E-state index in [1.54, 1.807) is 0 Å². The van der Waals surface area contributed by atoms with Crippen LogP contribution in [0.15, 0.2) is 0 Å². The van der Waals surface area contributed by atoms with Crippen LogP contribution < -0.4 is 4.72 Å². The second-order valence-corrected chi connectivity index (χ2v) is 5.99. The zero-order valence-electron chi connectivity index (χ0n) is 8.53. The number of hydrogen-bond acceptors (Lipinski definition) is 3. The minimum Gasteiger partial charge on any atom is -0.212 e. The number of nitrogens with one attached hydrogen (secondary N) is 1. The van der Waals surface area contributed by atoms with Crippen molar-refractivity contribution in [2.45, 2.75) is 32.7 Å². The number of rotatable bonds is 5. The van der Waals surface area contributed by atoms with Crippen molar-refractivity contribution in [2.75, 3.05) is 5.75 Å². The summed E-state index contributed by atoms with van der Waals surface area (Å²) in [5.41, 5.74) is 0. The van der Waals surface area contributed by atoms with E-state index in [4.69, 9.17) is 5.26 Å². The molecule has 14 heavy (non-hydrogen) atoms. The predicted octanol–water partition coefficient (Wildman–Crippen LogP) is 0.864. The Labute approximate surface area is 85.4 Å². The van der Waals surface area contributed by atoms with E-state index in [2.05, 4.69) is 4.72 Å². The van der Waals surface area contributed by atoms with Crippen LogP contribution in [-0.2, 0) is 10.0 Å². The van der Waals surface area contributed by atoms with Crippen LogP contribution in [0.5, 0.6) is 0 Å². The maximum absolute atomic E-state index is 11.5. The van der Waals surface area contributed by atoms with Gasteiger partial charge in [-0.05, 0) is 24.7 Å². The topological polar surface area (TPSA) is 70.0 Å². The van der Waals surface area contributed by atoms with Crippen molar-refractivity contribution in [3.63, 3.8) is 0 Å². The molecule has 1 fully saturated rings. The summed E-state index contributed by atoms with van der Waals surface area (Å²) in [7, 11) is -3.25. The fourth-order valence-corrected chi connectivity index (χ4v) is 2.91. The Balaban J connectivity index is 2.52. The molecule has 0 aromatic carbocycles. The molecular formula is C9H16N2O2S. The first-order valence-electron chi connectivity index (χ1n) is 4.84. The Morgan fingerprint density at radius 2 is 2.07 bits per heavy atom. The lowest BCUT2D eigenvalue weighted by molar-refractivity contribution is 0.513. The smallest absolute Gasteiger partial charge is 0.212 e. The van der Waals surface area contributed by atoms with E-state index in [0.717, 1.165) is 12.8 Å². The summed E-state index contributed by atoms with van der Waals surface area (Å²) < 4.78 is 25.4. The molecule has 0 aromatic rings. The van der Waals surface area contributed by atoms with Crippen LogP contribution in [0.1, 0.15) is 26.7 Å². The van der Waals surface area contributed by atoms with Crippen molar-refractivity contribution < 1.29 is 8.42 Å². The van der Waals surface area contributed by atoms with Gasteiger partial charge in [0.05, 0.1) is 11.8 Å². The molecule has 4 nitrogen and oxygen atoms in total. The number of hydrogen-bond donors (Lipinski definition) is 1. The normalized spacial score (nSPS) is 19.3. The van der Waals surface area contributed by atoms with Gasteiger partial charge in [-0.1, -0.05) is 13.8 Å². The maximum atomic E-state index is 11.5. The van der Waals surface area contributed by atoms with Gasteiger partial charge in [0.1, 0.15) is 6.04 Å². The molecule has 0 radical (unpaired) electrons. The van der Waals surface area contributed by atoms with E-state index in [9.17, 15) is 8.42 Å². The van der Waals surface area contributed by atoms with Crippen LogP contribution in [0.25, 0.3) is 0 Å². The quantitative estimate of drug-likeness (QED) is 0.741. The molecule has 1 unspecified atom stereocenters. The lowest BCUT2D eigenvalue weighted by atomic mass is 10.1. The van der Waals surface area contributed by atoms with Gasteiger partial charge in [0, 0.05) is 0 Å². The fraction of sp³-hybridized carbons (Fsp3) is 0.889. The van der Waals surface area contributed by atoms with Gasteiger partial charge in [-0.25, -0.2) is 8.42 Å². The Hall–Kier alpha value is -0.600. The van der Waals surface area contributed by atoms with E-state index >= 15 is 0 Å². The Morgan fingerprint density at radius 3 is 2.43 bits per heavy atom. The van der Waals surface area contributed by atoms with E-state index < -0.39 is 16.1 Å². The summed E-state index contributed by atoms with van der Waals surface area (Å²) in [5.74, 6) is 0.505. The molecule has 0 saturated heterocycles. The monoisotopic (exact) mass is 216 g/mol. The van der Waals surface area contributed by atoms with Crippen LogP contribution in [0.2, 0.25) is 0 Å². The molecule has 0 aromatic heterocycles. The highest BCUT2D eigenvalue weighted by Gasteiger charge is 2.29. The highest BCUT2D eigenvalue weighted by Crippen LogP contribution is 2.30. The summed E-state index contributed by atoms with van der Waals surface area (Å²) in [6, 6.07) is 1.36. The predicted molar refractivity (Wildman–Crippen MR) is 53.9 cm³/mol.